The third-order valence-electron chi connectivity index (χ3n) is 4.23. The summed E-state index contributed by atoms with van der Waals surface area (Å²) in [6.45, 7) is 5.74. The van der Waals surface area contributed by atoms with Crippen molar-refractivity contribution in [2.24, 2.45) is 5.92 Å². The highest BCUT2D eigenvalue weighted by atomic mass is 19.1. The minimum Gasteiger partial charge on any atom is -0.477 e. The first-order chi connectivity index (χ1) is 13.3. The predicted octanol–water partition coefficient (Wildman–Crippen LogP) is 3.46. The van der Waals surface area contributed by atoms with Gasteiger partial charge in [0.15, 0.2) is 0 Å². The van der Waals surface area contributed by atoms with E-state index in [0.29, 0.717) is 24.2 Å². The Hall–Kier alpha value is -3.22. The molecule has 0 aliphatic rings. The molecule has 2 aromatic rings. The van der Waals surface area contributed by atoms with Crippen molar-refractivity contribution in [1.82, 2.24) is 9.88 Å². The van der Waals surface area contributed by atoms with E-state index < -0.39 is 22.8 Å². The summed E-state index contributed by atoms with van der Waals surface area (Å²) in [5.41, 5.74) is -0.316. The predicted molar refractivity (Wildman–Crippen MR) is 106 cm³/mol. The smallest absolute Gasteiger partial charge is 0.341 e. The van der Waals surface area contributed by atoms with Crippen molar-refractivity contribution < 1.29 is 19.1 Å². The maximum absolute atomic E-state index is 14.1. The average molecular weight is 386 g/mol. The molecule has 28 heavy (non-hydrogen) atoms. The lowest BCUT2D eigenvalue weighted by atomic mass is 10.1. The van der Waals surface area contributed by atoms with E-state index in [-0.39, 0.29) is 17.2 Å². The number of nitrogens with one attached hydrogen (secondary N) is 1. The molecule has 0 saturated carbocycles. The van der Waals surface area contributed by atoms with Crippen LogP contribution in [0.4, 0.5) is 4.39 Å². The first-order valence-electron chi connectivity index (χ1n) is 8.95. The van der Waals surface area contributed by atoms with Gasteiger partial charge in [-0.1, -0.05) is 32.1 Å². The minimum absolute atomic E-state index is 0.0919. The van der Waals surface area contributed by atoms with Crippen LogP contribution in [0.3, 0.4) is 0 Å². The topological polar surface area (TPSA) is 88.4 Å². The number of carbonyl (C=O) groups excluding carboxylic acids is 1. The highest BCUT2D eigenvalue weighted by Crippen LogP contribution is 2.16. The molecule has 0 spiro atoms. The Labute approximate surface area is 162 Å². The molecule has 0 saturated heterocycles. The van der Waals surface area contributed by atoms with E-state index >= 15 is 0 Å². The molecule has 1 heterocycles. The van der Waals surface area contributed by atoms with Crippen molar-refractivity contribution in [3.8, 4) is 0 Å². The molecule has 0 aliphatic carbocycles. The number of carbonyl (C=O) groups is 2. The number of amides is 1. The van der Waals surface area contributed by atoms with Gasteiger partial charge in [0, 0.05) is 24.4 Å². The van der Waals surface area contributed by atoms with Crippen molar-refractivity contribution in [2.75, 3.05) is 0 Å². The van der Waals surface area contributed by atoms with Gasteiger partial charge in [-0.05, 0) is 31.6 Å². The van der Waals surface area contributed by atoms with E-state index in [1.165, 1.54) is 12.3 Å². The van der Waals surface area contributed by atoms with Crippen molar-refractivity contribution in [1.29, 1.82) is 0 Å². The molecule has 0 atom stereocenters. The molecular formula is C21H23FN2O4. The van der Waals surface area contributed by atoms with Crippen LogP contribution in [0, 0.1) is 11.7 Å². The molecule has 1 aromatic carbocycles. The fourth-order valence-electron chi connectivity index (χ4n) is 2.65. The molecule has 2 rings (SSSR count). The summed E-state index contributed by atoms with van der Waals surface area (Å²) >= 11 is 0. The molecule has 6 nitrogen and oxygen atoms in total. The number of hydrogen-bond acceptors (Lipinski definition) is 3. The number of hydrogen-bond donors (Lipinski definition) is 2. The second kappa shape index (κ2) is 9.12. The zero-order valence-electron chi connectivity index (χ0n) is 16.0. The fourth-order valence-corrected chi connectivity index (χ4v) is 2.65. The van der Waals surface area contributed by atoms with Crippen LogP contribution in [-0.4, -0.2) is 21.6 Å². The van der Waals surface area contributed by atoms with E-state index in [2.05, 4.69) is 5.32 Å². The summed E-state index contributed by atoms with van der Waals surface area (Å²) < 4.78 is 15.7. The molecule has 1 amide bonds. The lowest BCUT2D eigenvalue weighted by Crippen LogP contribution is -2.26. The van der Waals surface area contributed by atoms with Crippen molar-refractivity contribution in [3.05, 3.63) is 69.9 Å². The number of carboxylic acids is 1. The number of carboxylic acid groups (broad SMARTS) is 1. The SMILES string of the molecule is C/C=C(\C=C/CCn1cc(C(=O)O)c(=O)c2c(F)cccc21)NC(=O)C(C)C. The van der Waals surface area contributed by atoms with Crippen LogP contribution in [0.5, 0.6) is 0 Å². The van der Waals surface area contributed by atoms with E-state index in [1.54, 1.807) is 43.6 Å². The van der Waals surface area contributed by atoms with Crippen LogP contribution in [0.15, 0.2) is 53.1 Å². The summed E-state index contributed by atoms with van der Waals surface area (Å²) in [7, 11) is 0. The largest absolute Gasteiger partial charge is 0.477 e. The first-order valence-corrected chi connectivity index (χ1v) is 8.95. The van der Waals surface area contributed by atoms with E-state index in [4.69, 9.17) is 0 Å². The number of halogens is 1. The van der Waals surface area contributed by atoms with Crippen molar-refractivity contribution >= 4 is 22.8 Å². The summed E-state index contributed by atoms with van der Waals surface area (Å²) in [6.07, 6.45) is 7.06. The number of rotatable bonds is 7. The molecule has 1 aromatic heterocycles. The van der Waals surface area contributed by atoms with Gasteiger partial charge in [-0.3, -0.25) is 9.59 Å². The maximum atomic E-state index is 14.1. The third-order valence-corrected chi connectivity index (χ3v) is 4.23. The van der Waals surface area contributed by atoms with Gasteiger partial charge in [0.2, 0.25) is 11.3 Å². The number of allylic oxidation sites excluding steroid dienone is 3. The van der Waals surface area contributed by atoms with Gasteiger partial charge in [0.05, 0.1) is 10.9 Å². The zero-order chi connectivity index (χ0) is 20.8. The maximum Gasteiger partial charge on any atom is 0.341 e. The molecular weight excluding hydrogens is 363 g/mol. The Morgan fingerprint density at radius 3 is 2.64 bits per heavy atom. The van der Waals surface area contributed by atoms with E-state index in [9.17, 15) is 23.9 Å². The second-order valence-electron chi connectivity index (χ2n) is 6.58. The summed E-state index contributed by atoms with van der Waals surface area (Å²) in [4.78, 5) is 35.4. The Kier molecular flexibility index (Phi) is 6.87. The van der Waals surface area contributed by atoms with Crippen LogP contribution >= 0.6 is 0 Å². The summed E-state index contributed by atoms with van der Waals surface area (Å²) in [5, 5.41) is 11.8. The number of aryl methyl sites for hydroxylation is 1. The standard InChI is InChI=1S/C21H23FN2O4/c1-4-14(23-20(26)13(2)3)8-5-6-11-24-12-15(21(27)28)19(25)18-16(22)9-7-10-17(18)24/h4-5,7-10,12-13H,6,11H2,1-3H3,(H,23,26)(H,27,28)/b8-5-,14-4+. The van der Waals surface area contributed by atoms with E-state index in [1.807, 2.05) is 6.08 Å². The fraction of sp³-hybridized carbons (Fsp3) is 0.286. The Balaban J connectivity index is 2.26. The quantitative estimate of drug-likeness (QED) is 0.714. The Morgan fingerprint density at radius 2 is 2.04 bits per heavy atom. The van der Waals surface area contributed by atoms with Gasteiger partial charge in [0.25, 0.3) is 0 Å². The first kappa shape index (κ1) is 21.1. The highest BCUT2D eigenvalue weighted by molar-refractivity contribution is 5.92. The summed E-state index contributed by atoms with van der Waals surface area (Å²) in [5.74, 6) is -2.37. The molecule has 0 radical (unpaired) electrons. The molecule has 0 unspecified atom stereocenters. The minimum atomic E-state index is -1.40. The lowest BCUT2D eigenvalue weighted by molar-refractivity contribution is -0.123. The molecule has 7 heteroatoms. The van der Waals surface area contributed by atoms with Crippen LogP contribution in [0.25, 0.3) is 10.9 Å². The molecule has 0 aliphatic heterocycles. The van der Waals surface area contributed by atoms with Crippen molar-refractivity contribution in [2.45, 2.75) is 33.7 Å². The molecule has 0 fully saturated rings. The van der Waals surface area contributed by atoms with Gasteiger partial charge >= 0.3 is 5.97 Å². The Morgan fingerprint density at radius 1 is 1.32 bits per heavy atom. The summed E-state index contributed by atoms with van der Waals surface area (Å²) in [6, 6.07) is 4.19. The van der Waals surface area contributed by atoms with Gasteiger partial charge in [-0.15, -0.1) is 0 Å². The third kappa shape index (κ3) is 4.73. The van der Waals surface area contributed by atoms with Gasteiger partial charge < -0.3 is 15.0 Å². The molecule has 148 valence electrons. The van der Waals surface area contributed by atoms with Crippen LogP contribution < -0.4 is 10.7 Å². The molecule has 0 bridgehead atoms. The van der Waals surface area contributed by atoms with Gasteiger partial charge in [-0.25, -0.2) is 9.18 Å². The number of fused-ring (bicyclic) bond motifs is 1. The van der Waals surface area contributed by atoms with Crippen LogP contribution in [-0.2, 0) is 11.3 Å². The zero-order valence-corrected chi connectivity index (χ0v) is 16.0. The van der Waals surface area contributed by atoms with Crippen LogP contribution in [0.2, 0.25) is 0 Å². The highest BCUT2D eigenvalue weighted by Gasteiger charge is 2.16. The van der Waals surface area contributed by atoms with Crippen molar-refractivity contribution in [3.63, 3.8) is 0 Å². The second-order valence-corrected chi connectivity index (χ2v) is 6.58. The number of benzene rings is 1. The monoisotopic (exact) mass is 386 g/mol. The number of nitrogens with zero attached hydrogens (tertiary/aromatic N) is 1. The number of aromatic carboxylic acids is 1. The van der Waals surface area contributed by atoms with Crippen LogP contribution in [0.1, 0.15) is 37.6 Å². The number of aromatic nitrogens is 1. The average Bonchev–Trinajstić information content (AvgIpc) is 2.65. The van der Waals surface area contributed by atoms with Gasteiger partial charge in [-0.2, -0.15) is 0 Å². The van der Waals surface area contributed by atoms with Gasteiger partial charge in [0.1, 0.15) is 11.4 Å². The molecule has 2 N–H and O–H groups in total. The normalized spacial score (nSPS) is 12.1. The lowest BCUT2D eigenvalue weighted by Gasteiger charge is -2.12. The Bertz CT molecular complexity index is 1020. The number of pyridine rings is 1. The van der Waals surface area contributed by atoms with E-state index in [0.717, 1.165) is 6.07 Å².